The Balaban J connectivity index is 2.63. The van der Waals surface area contributed by atoms with Gasteiger partial charge in [-0.05, 0) is 25.1 Å². The van der Waals surface area contributed by atoms with Gasteiger partial charge in [-0.1, -0.05) is 0 Å². The van der Waals surface area contributed by atoms with Crippen molar-refractivity contribution in [3.05, 3.63) is 40.2 Å². The van der Waals surface area contributed by atoms with Gasteiger partial charge in [0, 0.05) is 0 Å². The van der Waals surface area contributed by atoms with Crippen LogP contribution in [0.5, 0.6) is 5.75 Å². The maximum atomic E-state index is 13.9. The molecule has 1 aromatic carbocycles. The number of hydrogen-bond donors (Lipinski definition) is 0. The first-order chi connectivity index (χ1) is 9.91. The second kappa shape index (κ2) is 5.51. The van der Waals surface area contributed by atoms with Crippen LogP contribution in [0.25, 0.3) is 11.0 Å². The largest absolute Gasteiger partial charge is 0.497 e. The van der Waals surface area contributed by atoms with Crippen LogP contribution in [0.2, 0.25) is 0 Å². The Labute approximate surface area is 118 Å². The van der Waals surface area contributed by atoms with E-state index in [2.05, 4.69) is 4.74 Å². The Bertz CT molecular complexity index is 736. The van der Waals surface area contributed by atoms with Gasteiger partial charge in [-0.2, -0.15) is 8.78 Å². The molecule has 112 valence electrons. The van der Waals surface area contributed by atoms with E-state index in [9.17, 15) is 18.4 Å². The summed E-state index contributed by atoms with van der Waals surface area (Å²) in [6, 6.07) is 4.21. The Morgan fingerprint density at radius 2 is 2.10 bits per heavy atom. The van der Waals surface area contributed by atoms with Gasteiger partial charge in [0.15, 0.2) is 0 Å². The lowest BCUT2D eigenvalue weighted by Crippen LogP contribution is -2.33. The molecule has 0 bridgehead atoms. The van der Waals surface area contributed by atoms with Crippen LogP contribution < -0.4 is 10.2 Å². The molecule has 1 aromatic heterocycles. The third-order valence-corrected chi connectivity index (χ3v) is 2.85. The zero-order chi connectivity index (χ0) is 15.6. The van der Waals surface area contributed by atoms with Crippen molar-refractivity contribution in [3.63, 3.8) is 0 Å². The number of carbonyl (C=O) groups excluding carboxylic acids is 1. The average molecular weight is 298 g/mol. The third kappa shape index (κ3) is 2.58. The van der Waals surface area contributed by atoms with E-state index in [0.717, 1.165) is 0 Å². The smallest absolute Gasteiger partial charge is 0.382 e. The SMILES string of the molecule is CCOC(=O)C(F)(F)c1coc2ccc(OC)cc2c1=O. The minimum Gasteiger partial charge on any atom is -0.497 e. The van der Waals surface area contributed by atoms with Gasteiger partial charge in [-0.3, -0.25) is 4.79 Å². The summed E-state index contributed by atoms with van der Waals surface area (Å²) in [5.74, 6) is -5.56. The Morgan fingerprint density at radius 3 is 2.71 bits per heavy atom. The molecule has 0 atom stereocenters. The molecule has 0 aliphatic heterocycles. The normalized spacial score (nSPS) is 11.4. The summed E-state index contributed by atoms with van der Waals surface area (Å²) in [5, 5.41) is -0.101. The molecule has 0 spiro atoms. The predicted octanol–water partition coefficient (Wildman–Crippen LogP) is 2.46. The monoisotopic (exact) mass is 298 g/mol. The Hall–Kier alpha value is -2.44. The number of carbonyl (C=O) groups is 1. The first-order valence-electron chi connectivity index (χ1n) is 6.07. The minimum atomic E-state index is -4.08. The van der Waals surface area contributed by atoms with E-state index in [1.54, 1.807) is 0 Å². The molecule has 0 aliphatic carbocycles. The van der Waals surface area contributed by atoms with Crippen LogP contribution in [-0.4, -0.2) is 19.7 Å². The zero-order valence-electron chi connectivity index (χ0n) is 11.3. The standard InChI is InChI=1S/C14H12F2O5/c1-3-20-13(18)14(15,16)10-7-21-11-5-4-8(19-2)6-9(11)12(10)17/h4-7H,3H2,1-2H3. The molecule has 0 aliphatic rings. The van der Waals surface area contributed by atoms with Gasteiger partial charge < -0.3 is 13.9 Å². The van der Waals surface area contributed by atoms with E-state index in [1.165, 1.54) is 32.2 Å². The highest BCUT2D eigenvalue weighted by atomic mass is 19.3. The van der Waals surface area contributed by atoms with E-state index in [1.807, 2.05) is 0 Å². The van der Waals surface area contributed by atoms with Gasteiger partial charge in [-0.15, -0.1) is 0 Å². The second-order valence-corrected chi connectivity index (χ2v) is 4.14. The van der Waals surface area contributed by atoms with Gasteiger partial charge in [0.25, 0.3) is 0 Å². The van der Waals surface area contributed by atoms with Crippen LogP contribution in [-0.2, 0) is 15.5 Å². The Morgan fingerprint density at radius 1 is 1.38 bits per heavy atom. The van der Waals surface area contributed by atoms with Gasteiger partial charge >= 0.3 is 11.9 Å². The zero-order valence-corrected chi connectivity index (χ0v) is 11.3. The molecule has 0 fully saturated rings. The van der Waals surface area contributed by atoms with Crippen LogP contribution in [0.15, 0.2) is 33.7 Å². The molecule has 1 heterocycles. The molecule has 0 unspecified atom stereocenters. The van der Waals surface area contributed by atoms with Gasteiger partial charge in [-0.25, -0.2) is 4.79 Å². The highest BCUT2D eigenvalue weighted by molar-refractivity contribution is 5.83. The molecule has 2 rings (SSSR count). The van der Waals surface area contributed by atoms with Crippen LogP contribution in [0, 0.1) is 0 Å². The number of hydrogen-bond acceptors (Lipinski definition) is 5. The van der Waals surface area contributed by atoms with Crippen molar-refractivity contribution in [2.45, 2.75) is 12.8 Å². The summed E-state index contributed by atoms with van der Waals surface area (Å²) in [6.45, 7) is 1.17. The molecule has 0 saturated carbocycles. The quantitative estimate of drug-likeness (QED) is 0.811. The van der Waals surface area contributed by atoms with Crippen molar-refractivity contribution in [1.82, 2.24) is 0 Å². The topological polar surface area (TPSA) is 65.7 Å². The summed E-state index contributed by atoms with van der Waals surface area (Å²) in [6.07, 6.45) is 0.577. The number of alkyl halides is 2. The molecular formula is C14H12F2O5. The van der Waals surface area contributed by atoms with Gasteiger partial charge in [0.05, 0.1) is 19.1 Å². The van der Waals surface area contributed by atoms with E-state index in [0.29, 0.717) is 12.0 Å². The van der Waals surface area contributed by atoms with E-state index < -0.39 is 22.9 Å². The van der Waals surface area contributed by atoms with Crippen molar-refractivity contribution in [2.75, 3.05) is 13.7 Å². The fourth-order valence-electron chi connectivity index (χ4n) is 1.79. The van der Waals surface area contributed by atoms with Crippen LogP contribution >= 0.6 is 0 Å². The van der Waals surface area contributed by atoms with Crippen LogP contribution in [0.4, 0.5) is 8.78 Å². The molecule has 21 heavy (non-hydrogen) atoms. The minimum absolute atomic E-state index is 0.101. The van der Waals surface area contributed by atoms with Gasteiger partial charge in [0.2, 0.25) is 5.43 Å². The van der Waals surface area contributed by atoms with Crippen molar-refractivity contribution in [3.8, 4) is 5.75 Å². The van der Waals surface area contributed by atoms with E-state index in [4.69, 9.17) is 9.15 Å². The number of ether oxygens (including phenoxy) is 2. The summed E-state index contributed by atoms with van der Waals surface area (Å²) >= 11 is 0. The molecule has 0 N–H and O–H groups in total. The van der Waals surface area contributed by atoms with Crippen molar-refractivity contribution in [2.24, 2.45) is 0 Å². The maximum absolute atomic E-state index is 13.9. The molecule has 0 amide bonds. The molecule has 0 radical (unpaired) electrons. The second-order valence-electron chi connectivity index (χ2n) is 4.14. The number of fused-ring (bicyclic) bond motifs is 1. The fraction of sp³-hybridized carbons (Fsp3) is 0.286. The van der Waals surface area contributed by atoms with E-state index >= 15 is 0 Å². The lowest BCUT2D eigenvalue weighted by molar-refractivity contribution is -0.173. The van der Waals surface area contributed by atoms with Crippen molar-refractivity contribution < 1.29 is 27.5 Å². The average Bonchev–Trinajstić information content (AvgIpc) is 2.47. The van der Waals surface area contributed by atoms with E-state index in [-0.39, 0.29) is 17.6 Å². The number of benzene rings is 1. The van der Waals surface area contributed by atoms with Crippen LogP contribution in [0.3, 0.4) is 0 Å². The maximum Gasteiger partial charge on any atom is 0.382 e. The first-order valence-corrected chi connectivity index (χ1v) is 6.07. The molecular weight excluding hydrogens is 286 g/mol. The summed E-state index contributed by atoms with van der Waals surface area (Å²) < 4.78 is 42.1. The molecule has 7 heteroatoms. The first kappa shape index (κ1) is 15.0. The van der Waals surface area contributed by atoms with Crippen molar-refractivity contribution in [1.29, 1.82) is 0 Å². The van der Waals surface area contributed by atoms with Gasteiger partial charge in [0.1, 0.15) is 23.2 Å². The summed E-state index contributed by atoms with van der Waals surface area (Å²) in [7, 11) is 1.37. The molecule has 2 aromatic rings. The predicted molar refractivity (Wildman–Crippen MR) is 69.6 cm³/mol. The Kier molecular flexibility index (Phi) is 3.93. The summed E-state index contributed by atoms with van der Waals surface area (Å²) in [4.78, 5) is 23.4. The molecule has 0 saturated heterocycles. The third-order valence-electron chi connectivity index (χ3n) is 2.85. The highest BCUT2D eigenvalue weighted by Crippen LogP contribution is 2.29. The number of methoxy groups -OCH3 is 1. The van der Waals surface area contributed by atoms with Crippen molar-refractivity contribution >= 4 is 16.9 Å². The van der Waals surface area contributed by atoms with Crippen LogP contribution in [0.1, 0.15) is 12.5 Å². The highest BCUT2D eigenvalue weighted by Gasteiger charge is 2.45. The number of rotatable bonds is 4. The molecule has 5 nitrogen and oxygen atoms in total. The lowest BCUT2D eigenvalue weighted by atomic mass is 10.1. The summed E-state index contributed by atoms with van der Waals surface area (Å²) in [5.41, 5.74) is -1.96. The fourth-order valence-corrected chi connectivity index (χ4v) is 1.79. The number of esters is 1. The lowest BCUT2D eigenvalue weighted by Gasteiger charge is -2.14. The number of halogens is 2.